The zero-order chi connectivity index (χ0) is 15.7. The van der Waals surface area contributed by atoms with E-state index in [0.29, 0.717) is 11.3 Å². The van der Waals surface area contributed by atoms with E-state index in [1.54, 1.807) is 63.2 Å². The molecule has 0 spiro atoms. The van der Waals surface area contributed by atoms with Gasteiger partial charge in [-0.05, 0) is 29.3 Å². The second kappa shape index (κ2) is 5.50. The first-order valence-electron chi connectivity index (χ1n) is 6.63. The van der Waals surface area contributed by atoms with Crippen molar-refractivity contribution < 1.29 is 8.42 Å². The lowest BCUT2D eigenvalue weighted by molar-refractivity contribution is 0.587. The average molecular weight is 303 g/mol. The van der Waals surface area contributed by atoms with Gasteiger partial charge in [0, 0.05) is 5.69 Å². The van der Waals surface area contributed by atoms with Crippen LogP contribution in [0, 0.1) is 0 Å². The molecule has 0 heterocycles. The highest BCUT2D eigenvalue weighted by atomic mass is 32.2. The van der Waals surface area contributed by atoms with Crippen molar-refractivity contribution in [1.82, 2.24) is 0 Å². The number of anilines is 1. The van der Waals surface area contributed by atoms with Gasteiger partial charge >= 0.3 is 0 Å². The molecule has 2 rings (SSSR count). The maximum absolute atomic E-state index is 12.5. The van der Waals surface area contributed by atoms with Crippen molar-refractivity contribution in [3.8, 4) is 11.1 Å². The first-order valence-corrected chi connectivity index (χ1v) is 8.07. The maximum Gasteiger partial charge on any atom is 0.102 e. The molecule has 0 atom stereocenters. The molecule has 4 nitrogen and oxygen atoms in total. The first-order chi connectivity index (χ1) is 9.69. The van der Waals surface area contributed by atoms with Crippen molar-refractivity contribution in [1.29, 1.82) is 0 Å². The van der Waals surface area contributed by atoms with Crippen LogP contribution in [0.15, 0.2) is 53.4 Å². The van der Waals surface area contributed by atoms with Gasteiger partial charge in [-0.1, -0.05) is 51.1 Å². The molecule has 0 aliphatic carbocycles. The van der Waals surface area contributed by atoms with Crippen molar-refractivity contribution in [3.05, 3.63) is 53.3 Å². The number of rotatable bonds is 3. The van der Waals surface area contributed by atoms with Crippen LogP contribution >= 0.6 is 0 Å². The molecule has 0 saturated heterocycles. The Labute approximate surface area is 126 Å². The Hall–Kier alpha value is -1.85. The van der Waals surface area contributed by atoms with Crippen LogP contribution in [0.4, 0.5) is 5.69 Å². The second-order valence-electron chi connectivity index (χ2n) is 5.86. The van der Waals surface area contributed by atoms with Crippen molar-refractivity contribution in [2.24, 2.45) is 0 Å². The predicted octanol–water partition coefficient (Wildman–Crippen LogP) is 3.80. The molecule has 2 aromatic rings. The molecule has 0 bridgehead atoms. The summed E-state index contributed by atoms with van der Waals surface area (Å²) < 4.78 is 29.0. The molecule has 0 fully saturated rings. The molecule has 21 heavy (non-hydrogen) atoms. The van der Waals surface area contributed by atoms with Crippen molar-refractivity contribution in [2.45, 2.75) is 31.2 Å². The summed E-state index contributed by atoms with van der Waals surface area (Å²) in [6.45, 7) is 5.28. The van der Waals surface area contributed by atoms with E-state index in [0.717, 1.165) is 5.56 Å². The summed E-state index contributed by atoms with van der Waals surface area (Å²) in [6.07, 6.45) is 0. The predicted molar refractivity (Wildman–Crippen MR) is 86.6 cm³/mol. The highest BCUT2D eigenvalue weighted by Crippen LogP contribution is 2.33. The molecule has 0 unspecified atom stereocenters. The van der Waals surface area contributed by atoms with E-state index < -0.39 is 15.6 Å². The van der Waals surface area contributed by atoms with Crippen LogP contribution in [-0.4, -0.2) is 14.0 Å². The van der Waals surface area contributed by atoms with Crippen LogP contribution in [0.5, 0.6) is 0 Å². The standard InChI is InChI=1S/C16H19N2O2S/c1-16(2,3)18-21(19,20)15-7-5-4-6-14(15)12-8-10-13(17)11-9-12/h4-11H,17H2,1-3H3/q-1. The fraction of sp³-hybridized carbons (Fsp3) is 0.250. The van der Waals surface area contributed by atoms with Crippen LogP contribution in [0.1, 0.15) is 20.8 Å². The number of nitrogen functional groups attached to an aromatic ring is 1. The Balaban J connectivity index is 2.54. The minimum absolute atomic E-state index is 0.213. The minimum Gasteiger partial charge on any atom is -0.540 e. The van der Waals surface area contributed by atoms with Crippen LogP contribution < -0.4 is 5.73 Å². The van der Waals surface area contributed by atoms with Gasteiger partial charge in [-0.3, -0.25) is 0 Å². The van der Waals surface area contributed by atoms with Crippen LogP contribution in [-0.2, 0) is 10.0 Å². The molecule has 2 N–H and O–H groups in total. The SMILES string of the molecule is CC(C)(C)[N-]S(=O)(=O)c1ccccc1-c1ccc(N)cc1. The minimum atomic E-state index is -3.71. The molecule has 0 saturated carbocycles. The van der Waals surface area contributed by atoms with Gasteiger partial charge in [0.05, 0.1) is 4.90 Å². The number of nitrogens with two attached hydrogens (primary N) is 1. The number of hydrogen-bond donors (Lipinski definition) is 1. The summed E-state index contributed by atoms with van der Waals surface area (Å²) in [7, 11) is -3.71. The summed E-state index contributed by atoms with van der Waals surface area (Å²) in [5.74, 6) is 0. The molecule has 112 valence electrons. The van der Waals surface area contributed by atoms with Crippen LogP contribution in [0.25, 0.3) is 15.8 Å². The molecule has 0 aliphatic rings. The molecule has 0 radical (unpaired) electrons. The molecular formula is C16H19N2O2S-. The van der Waals surface area contributed by atoms with E-state index in [-0.39, 0.29) is 4.90 Å². The summed E-state index contributed by atoms with van der Waals surface area (Å²) in [6, 6.07) is 14.0. The van der Waals surface area contributed by atoms with Gasteiger partial charge < -0.3 is 10.5 Å². The number of benzene rings is 2. The molecule has 0 amide bonds. The average Bonchev–Trinajstić information content (AvgIpc) is 2.37. The van der Waals surface area contributed by atoms with E-state index >= 15 is 0 Å². The Morgan fingerprint density at radius 1 is 0.952 bits per heavy atom. The van der Waals surface area contributed by atoms with Gasteiger partial charge in [0.15, 0.2) is 0 Å². The monoisotopic (exact) mass is 303 g/mol. The van der Waals surface area contributed by atoms with E-state index in [4.69, 9.17) is 5.73 Å². The molecule has 0 aliphatic heterocycles. The third-order valence-electron chi connectivity index (χ3n) is 2.78. The topological polar surface area (TPSA) is 74.3 Å². The lowest BCUT2D eigenvalue weighted by Gasteiger charge is -2.36. The van der Waals surface area contributed by atoms with Gasteiger partial charge in [0.1, 0.15) is 10.0 Å². The quantitative estimate of drug-likeness (QED) is 0.876. The van der Waals surface area contributed by atoms with Gasteiger partial charge in [-0.25, -0.2) is 8.42 Å². The number of sulfonamides is 1. The van der Waals surface area contributed by atoms with Crippen LogP contribution in [0.2, 0.25) is 0 Å². The molecule has 2 aromatic carbocycles. The van der Waals surface area contributed by atoms with E-state index in [9.17, 15) is 8.42 Å². The molecular weight excluding hydrogens is 284 g/mol. The van der Waals surface area contributed by atoms with Gasteiger partial charge in [0.25, 0.3) is 0 Å². The lowest BCUT2D eigenvalue weighted by atomic mass is 10.1. The highest BCUT2D eigenvalue weighted by molar-refractivity contribution is 7.94. The molecule has 5 heteroatoms. The zero-order valence-electron chi connectivity index (χ0n) is 12.4. The van der Waals surface area contributed by atoms with Crippen molar-refractivity contribution >= 4 is 15.7 Å². The third-order valence-corrected chi connectivity index (χ3v) is 4.48. The largest absolute Gasteiger partial charge is 0.540 e. The fourth-order valence-corrected chi connectivity index (χ4v) is 3.54. The van der Waals surface area contributed by atoms with E-state index in [2.05, 4.69) is 4.72 Å². The fourth-order valence-electron chi connectivity index (χ4n) is 2.00. The molecule has 0 aromatic heterocycles. The smallest absolute Gasteiger partial charge is 0.102 e. The number of hydrogen-bond acceptors (Lipinski definition) is 3. The first kappa shape index (κ1) is 15.5. The number of nitrogens with zero attached hydrogens (tertiary/aromatic N) is 1. The Morgan fingerprint density at radius 2 is 1.52 bits per heavy atom. The maximum atomic E-state index is 12.5. The van der Waals surface area contributed by atoms with Crippen LogP contribution in [0.3, 0.4) is 0 Å². The zero-order valence-corrected chi connectivity index (χ0v) is 13.2. The highest BCUT2D eigenvalue weighted by Gasteiger charge is 2.15. The van der Waals surface area contributed by atoms with Crippen molar-refractivity contribution in [2.75, 3.05) is 5.73 Å². The lowest BCUT2D eigenvalue weighted by Crippen LogP contribution is -2.18. The summed E-state index contributed by atoms with van der Waals surface area (Å²) >= 11 is 0. The summed E-state index contributed by atoms with van der Waals surface area (Å²) in [4.78, 5) is 0.213. The Morgan fingerprint density at radius 3 is 2.10 bits per heavy atom. The summed E-state index contributed by atoms with van der Waals surface area (Å²) in [5.41, 5.74) is 7.08. The van der Waals surface area contributed by atoms with Gasteiger partial charge in [-0.2, -0.15) is 0 Å². The van der Waals surface area contributed by atoms with Gasteiger partial charge in [-0.15, -0.1) is 5.54 Å². The van der Waals surface area contributed by atoms with Crippen molar-refractivity contribution in [3.63, 3.8) is 0 Å². The van der Waals surface area contributed by atoms with E-state index in [1.807, 2.05) is 6.07 Å². The second-order valence-corrected chi connectivity index (χ2v) is 7.43. The Bertz CT molecular complexity index is 730. The Kier molecular flexibility index (Phi) is 4.07. The normalized spacial score (nSPS) is 12.3. The third kappa shape index (κ3) is 3.83. The summed E-state index contributed by atoms with van der Waals surface area (Å²) in [5, 5.41) is 0. The van der Waals surface area contributed by atoms with E-state index in [1.165, 1.54) is 0 Å². The van der Waals surface area contributed by atoms with Gasteiger partial charge in [0.2, 0.25) is 0 Å².